The van der Waals surface area contributed by atoms with Crippen molar-refractivity contribution in [2.45, 2.75) is 25.4 Å². The minimum absolute atomic E-state index is 0.00992. The standard InChI is InChI=1S/C19H24N2O5S/c1-23-15-6-4-13(17(24-2)18(15)25-3)5-7-16(22)21-10-8-14(12-21)26-19-20-9-11-27-19/h4,6,9,11,14H,5,7-8,10,12H2,1-3H3. The molecular formula is C19H24N2O5S. The van der Waals surface area contributed by atoms with Gasteiger partial charge in [-0.05, 0) is 18.1 Å². The van der Waals surface area contributed by atoms with Gasteiger partial charge in [-0.15, -0.1) is 0 Å². The number of aryl methyl sites for hydroxylation is 1. The number of likely N-dealkylation sites (tertiary alicyclic amines) is 1. The van der Waals surface area contributed by atoms with Crippen LogP contribution >= 0.6 is 11.3 Å². The van der Waals surface area contributed by atoms with Gasteiger partial charge in [-0.25, -0.2) is 4.98 Å². The number of nitrogens with zero attached hydrogens (tertiary/aromatic N) is 2. The van der Waals surface area contributed by atoms with Crippen molar-refractivity contribution in [1.82, 2.24) is 9.88 Å². The van der Waals surface area contributed by atoms with E-state index in [-0.39, 0.29) is 12.0 Å². The van der Waals surface area contributed by atoms with Crippen LogP contribution in [0.2, 0.25) is 0 Å². The van der Waals surface area contributed by atoms with E-state index in [2.05, 4.69) is 4.98 Å². The molecule has 2 aromatic rings. The van der Waals surface area contributed by atoms with E-state index in [1.54, 1.807) is 27.5 Å². The lowest BCUT2D eigenvalue weighted by molar-refractivity contribution is -0.130. The summed E-state index contributed by atoms with van der Waals surface area (Å²) in [6, 6.07) is 3.74. The predicted molar refractivity (Wildman–Crippen MR) is 102 cm³/mol. The van der Waals surface area contributed by atoms with Crippen molar-refractivity contribution in [2.24, 2.45) is 0 Å². The molecule has 0 aliphatic carbocycles. The number of aromatic nitrogens is 1. The first-order valence-electron chi connectivity index (χ1n) is 8.78. The molecule has 1 saturated heterocycles. The molecule has 0 radical (unpaired) electrons. The van der Waals surface area contributed by atoms with Gasteiger partial charge in [0.25, 0.3) is 5.19 Å². The van der Waals surface area contributed by atoms with Gasteiger partial charge >= 0.3 is 0 Å². The molecule has 0 bridgehead atoms. The molecule has 0 spiro atoms. The summed E-state index contributed by atoms with van der Waals surface area (Å²) < 4.78 is 22.0. The molecule has 0 N–H and O–H groups in total. The van der Waals surface area contributed by atoms with Gasteiger partial charge in [0.05, 0.1) is 27.9 Å². The van der Waals surface area contributed by atoms with Gasteiger partial charge in [-0.1, -0.05) is 17.4 Å². The molecule has 27 heavy (non-hydrogen) atoms. The molecule has 8 heteroatoms. The second kappa shape index (κ2) is 8.94. The highest BCUT2D eigenvalue weighted by atomic mass is 32.1. The van der Waals surface area contributed by atoms with E-state index in [0.717, 1.165) is 12.0 Å². The van der Waals surface area contributed by atoms with Gasteiger partial charge in [-0.3, -0.25) is 4.79 Å². The van der Waals surface area contributed by atoms with Crippen molar-refractivity contribution in [3.8, 4) is 22.4 Å². The number of carbonyl (C=O) groups is 1. The number of hydrogen-bond donors (Lipinski definition) is 0. The number of rotatable bonds is 8. The number of carbonyl (C=O) groups excluding carboxylic acids is 1. The molecule has 1 aliphatic heterocycles. The molecule has 3 rings (SSSR count). The summed E-state index contributed by atoms with van der Waals surface area (Å²) in [6.45, 7) is 1.30. The van der Waals surface area contributed by atoms with E-state index in [1.807, 2.05) is 22.4 Å². The molecule has 1 aliphatic rings. The molecule has 1 aromatic carbocycles. The summed E-state index contributed by atoms with van der Waals surface area (Å²) in [4.78, 5) is 18.6. The van der Waals surface area contributed by atoms with Crippen molar-refractivity contribution < 1.29 is 23.7 Å². The highest BCUT2D eigenvalue weighted by Gasteiger charge is 2.28. The lowest BCUT2D eigenvalue weighted by atomic mass is 10.1. The van der Waals surface area contributed by atoms with Crippen LogP contribution in [0, 0.1) is 0 Å². The van der Waals surface area contributed by atoms with Crippen molar-refractivity contribution in [2.75, 3.05) is 34.4 Å². The first-order valence-corrected chi connectivity index (χ1v) is 9.66. The number of benzene rings is 1. The highest BCUT2D eigenvalue weighted by Crippen LogP contribution is 2.40. The minimum atomic E-state index is 0.00992. The molecular weight excluding hydrogens is 368 g/mol. The number of thiazole rings is 1. The van der Waals surface area contributed by atoms with Crippen LogP contribution < -0.4 is 18.9 Å². The molecule has 146 valence electrons. The van der Waals surface area contributed by atoms with E-state index in [1.165, 1.54) is 11.3 Å². The predicted octanol–water partition coefficient (Wildman–Crippen LogP) is 2.78. The maximum absolute atomic E-state index is 12.6. The van der Waals surface area contributed by atoms with Crippen molar-refractivity contribution >= 4 is 17.2 Å². The smallest absolute Gasteiger partial charge is 0.273 e. The van der Waals surface area contributed by atoms with Gasteiger partial charge in [0.1, 0.15) is 6.10 Å². The van der Waals surface area contributed by atoms with Crippen LogP contribution in [-0.2, 0) is 11.2 Å². The molecule has 7 nitrogen and oxygen atoms in total. The van der Waals surface area contributed by atoms with Gasteiger partial charge in [0.15, 0.2) is 11.5 Å². The van der Waals surface area contributed by atoms with Crippen LogP contribution in [0.15, 0.2) is 23.7 Å². The lowest BCUT2D eigenvalue weighted by Gasteiger charge is -2.18. The Bertz CT molecular complexity index is 766. The first kappa shape index (κ1) is 19.3. The average molecular weight is 392 g/mol. The summed E-state index contributed by atoms with van der Waals surface area (Å²) in [5.41, 5.74) is 0.915. The van der Waals surface area contributed by atoms with Gasteiger partial charge in [0.2, 0.25) is 11.7 Å². The Morgan fingerprint density at radius 3 is 2.70 bits per heavy atom. The third-order valence-electron chi connectivity index (χ3n) is 4.57. The number of amides is 1. The quantitative estimate of drug-likeness (QED) is 0.688. The molecule has 2 heterocycles. The summed E-state index contributed by atoms with van der Waals surface area (Å²) >= 11 is 1.46. The Kier molecular flexibility index (Phi) is 6.39. The van der Waals surface area contributed by atoms with E-state index < -0.39 is 0 Å². The average Bonchev–Trinajstić information content (AvgIpc) is 3.37. The van der Waals surface area contributed by atoms with Crippen molar-refractivity contribution in [1.29, 1.82) is 0 Å². The largest absolute Gasteiger partial charge is 0.493 e. The zero-order valence-corrected chi connectivity index (χ0v) is 16.6. The Morgan fingerprint density at radius 2 is 2.04 bits per heavy atom. The maximum Gasteiger partial charge on any atom is 0.273 e. The zero-order valence-electron chi connectivity index (χ0n) is 15.8. The molecule has 1 amide bonds. The summed E-state index contributed by atoms with van der Waals surface area (Å²) in [6.07, 6.45) is 3.52. The number of ether oxygens (including phenoxy) is 4. The Labute approximate surface area is 162 Å². The second-order valence-electron chi connectivity index (χ2n) is 6.16. The molecule has 1 atom stereocenters. The maximum atomic E-state index is 12.6. The molecule has 1 fully saturated rings. The fraction of sp³-hybridized carbons (Fsp3) is 0.474. The summed E-state index contributed by atoms with van der Waals surface area (Å²) in [5, 5.41) is 2.54. The monoisotopic (exact) mass is 392 g/mol. The van der Waals surface area contributed by atoms with Gasteiger partial charge < -0.3 is 23.8 Å². The van der Waals surface area contributed by atoms with Crippen LogP contribution in [0.1, 0.15) is 18.4 Å². The van der Waals surface area contributed by atoms with E-state index in [4.69, 9.17) is 18.9 Å². The van der Waals surface area contributed by atoms with E-state index in [9.17, 15) is 4.79 Å². The minimum Gasteiger partial charge on any atom is -0.493 e. The summed E-state index contributed by atoms with van der Waals surface area (Å²) in [7, 11) is 4.74. The van der Waals surface area contributed by atoms with Crippen LogP contribution in [0.25, 0.3) is 0 Å². The fourth-order valence-electron chi connectivity index (χ4n) is 3.22. The molecule has 0 saturated carbocycles. The molecule has 1 aromatic heterocycles. The SMILES string of the molecule is COc1ccc(CCC(=O)N2CCC(Oc3nccs3)C2)c(OC)c1OC. The lowest BCUT2D eigenvalue weighted by Crippen LogP contribution is -2.31. The van der Waals surface area contributed by atoms with Crippen molar-refractivity contribution in [3.63, 3.8) is 0 Å². The van der Waals surface area contributed by atoms with E-state index in [0.29, 0.717) is 48.4 Å². The third kappa shape index (κ3) is 4.44. The van der Waals surface area contributed by atoms with Crippen LogP contribution in [0.3, 0.4) is 0 Å². The second-order valence-corrected chi connectivity index (χ2v) is 7.02. The van der Waals surface area contributed by atoms with Crippen molar-refractivity contribution in [3.05, 3.63) is 29.3 Å². The molecule has 1 unspecified atom stereocenters. The van der Waals surface area contributed by atoms with Crippen LogP contribution in [0.5, 0.6) is 22.4 Å². The van der Waals surface area contributed by atoms with Gasteiger partial charge in [-0.2, -0.15) is 0 Å². The van der Waals surface area contributed by atoms with E-state index >= 15 is 0 Å². The number of methoxy groups -OCH3 is 3. The zero-order chi connectivity index (χ0) is 19.2. The number of hydrogen-bond acceptors (Lipinski definition) is 7. The normalized spacial score (nSPS) is 16.3. The fourth-order valence-corrected chi connectivity index (χ4v) is 3.77. The first-order chi connectivity index (χ1) is 13.2. The van der Waals surface area contributed by atoms with Crippen LogP contribution in [0.4, 0.5) is 0 Å². The topological polar surface area (TPSA) is 70.1 Å². The Balaban J connectivity index is 1.58. The third-order valence-corrected chi connectivity index (χ3v) is 5.23. The Hall–Kier alpha value is -2.48. The van der Waals surface area contributed by atoms with Gasteiger partial charge in [0, 0.05) is 31.0 Å². The highest BCUT2D eigenvalue weighted by molar-refractivity contribution is 7.11. The summed E-state index contributed by atoms with van der Waals surface area (Å²) in [5.74, 6) is 1.86. The van der Waals surface area contributed by atoms with Crippen LogP contribution in [-0.4, -0.2) is 56.3 Å². The Morgan fingerprint density at radius 1 is 1.22 bits per heavy atom.